The van der Waals surface area contributed by atoms with E-state index in [1.165, 1.54) is 0 Å². The van der Waals surface area contributed by atoms with Gasteiger partial charge in [0.2, 0.25) is 0 Å². The van der Waals surface area contributed by atoms with Crippen LogP contribution in [0, 0.1) is 6.92 Å². The van der Waals surface area contributed by atoms with Gasteiger partial charge in [0, 0.05) is 11.6 Å². The standard InChI is InChI=1S/C19H15N5O/c1-13-16(12-22-24(13)18-8-4-5-9-20-18)19(25)23-15-10-14-6-2-3-7-17(14)21-11-15/h2-12H,1H3,(H,23,25). The summed E-state index contributed by atoms with van der Waals surface area (Å²) in [5.74, 6) is 0.447. The van der Waals surface area contributed by atoms with Crippen LogP contribution >= 0.6 is 0 Å². The highest BCUT2D eigenvalue weighted by atomic mass is 16.1. The first kappa shape index (κ1) is 15.0. The van der Waals surface area contributed by atoms with E-state index in [9.17, 15) is 4.79 Å². The Labute approximate surface area is 144 Å². The minimum atomic E-state index is -0.225. The lowest BCUT2D eigenvalue weighted by molar-refractivity contribution is 0.102. The molecule has 3 heterocycles. The van der Waals surface area contributed by atoms with Gasteiger partial charge in [-0.25, -0.2) is 9.67 Å². The van der Waals surface area contributed by atoms with Gasteiger partial charge in [0.1, 0.15) is 0 Å². The lowest BCUT2D eigenvalue weighted by Crippen LogP contribution is -2.13. The molecule has 0 radical (unpaired) electrons. The van der Waals surface area contributed by atoms with Crippen molar-refractivity contribution in [3.63, 3.8) is 0 Å². The lowest BCUT2D eigenvalue weighted by Gasteiger charge is -2.07. The van der Waals surface area contributed by atoms with E-state index in [4.69, 9.17) is 0 Å². The molecule has 0 saturated carbocycles. The number of nitrogens with one attached hydrogen (secondary N) is 1. The van der Waals surface area contributed by atoms with Crippen molar-refractivity contribution in [3.8, 4) is 5.82 Å². The quantitative estimate of drug-likeness (QED) is 0.625. The Balaban J connectivity index is 1.61. The molecule has 0 unspecified atom stereocenters. The lowest BCUT2D eigenvalue weighted by atomic mass is 10.2. The van der Waals surface area contributed by atoms with Crippen LogP contribution in [0.4, 0.5) is 5.69 Å². The zero-order chi connectivity index (χ0) is 17.2. The van der Waals surface area contributed by atoms with Gasteiger partial charge >= 0.3 is 0 Å². The molecule has 0 aliphatic carbocycles. The summed E-state index contributed by atoms with van der Waals surface area (Å²) < 4.78 is 1.65. The molecular weight excluding hydrogens is 314 g/mol. The summed E-state index contributed by atoms with van der Waals surface area (Å²) >= 11 is 0. The third kappa shape index (κ3) is 2.85. The molecule has 1 aromatic carbocycles. The van der Waals surface area contributed by atoms with Gasteiger partial charge in [0.25, 0.3) is 5.91 Å². The number of aromatic nitrogens is 4. The van der Waals surface area contributed by atoms with E-state index in [2.05, 4.69) is 20.4 Å². The number of benzene rings is 1. The fraction of sp³-hybridized carbons (Fsp3) is 0.0526. The zero-order valence-electron chi connectivity index (χ0n) is 13.5. The highest BCUT2D eigenvalue weighted by Gasteiger charge is 2.16. The largest absolute Gasteiger partial charge is 0.320 e. The maximum Gasteiger partial charge on any atom is 0.259 e. The monoisotopic (exact) mass is 329 g/mol. The molecule has 0 aliphatic rings. The van der Waals surface area contributed by atoms with Crippen LogP contribution in [0.5, 0.6) is 0 Å². The molecular formula is C19H15N5O. The Morgan fingerprint density at radius 3 is 2.72 bits per heavy atom. The number of amides is 1. The highest BCUT2D eigenvalue weighted by Crippen LogP contribution is 2.18. The molecule has 0 bridgehead atoms. The number of pyridine rings is 2. The van der Waals surface area contributed by atoms with Crippen LogP contribution in [-0.4, -0.2) is 25.7 Å². The van der Waals surface area contributed by atoms with Gasteiger partial charge in [-0.1, -0.05) is 24.3 Å². The van der Waals surface area contributed by atoms with Crippen molar-refractivity contribution >= 4 is 22.5 Å². The molecule has 1 amide bonds. The topological polar surface area (TPSA) is 72.7 Å². The maximum absolute atomic E-state index is 12.6. The van der Waals surface area contributed by atoms with Gasteiger partial charge in [-0.3, -0.25) is 9.78 Å². The van der Waals surface area contributed by atoms with E-state index >= 15 is 0 Å². The van der Waals surface area contributed by atoms with Crippen LogP contribution in [0.1, 0.15) is 16.1 Å². The molecule has 6 nitrogen and oxygen atoms in total. The summed E-state index contributed by atoms with van der Waals surface area (Å²) in [5, 5.41) is 8.13. The van der Waals surface area contributed by atoms with Gasteiger partial charge < -0.3 is 5.32 Å². The van der Waals surface area contributed by atoms with Crippen LogP contribution < -0.4 is 5.32 Å². The number of anilines is 1. The van der Waals surface area contributed by atoms with Crippen molar-refractivity contribution < 1.29 is 4.79 Å². The fourth-order valence-electron chi connectivity index (χ4n) is 2.68. The summed E-state index contributed by atoms with van der Waals surface area (Å²) in [5.41, 5.74) is 2.76. The molecule has 4 aromatic rings. The number of carbonyl (C=O) groups excluding carboxylic acids is 1. The van der Waals surface area contributed by atoms with E-state index in [1.807, 2.05) is 55.5 Å². The Hall–Kier alpha value is -3.54. The first-order valence-corrected chi connectivity index (χ1v) is 7.84. The number of hydrogen-bond donors (Lipinski definition) is 1. The number of hydrogen-bond acceptors (Lipinski definition) is 4. The Morgan fingerprint density at radius 1 is 1.04 bits per heavy atom. The molecule has 25 heavy (non-hydrogen) atoms. The third-order valence-electron chi connectivity index (χ3n) is 3.97. The van der Waals surface area contributed by atoms with E-state index in [-0.39, 0.29) is 5.91 Å². The first-order chi connectivity index (χ1) is 12.2. The normalized spacial score (nSPS) is 10.8. The number of fused-ring (bicyclic) bond motifs is 1. The van der Waals surface area contributed by atoms with E-state index in [0.29, 0.717) is 17.1 Å². The van der Waals surface area contributed by atoms with Gasteiger partial charge in [0.05, 0.1) is 34.9 Å². The number of para-hydroxylation sites is 1. The summed E-state index contributed by atoms with van der Waals surface area (Å²) in [6.07, 6.45) is 4.89. The van der Waals surface area contributed by atoms with Gasteiger partial charge in [-0.2, -0.15) is 5.10 Å². The van der Waals surface area contributed by atoms with Crippen LogP contribution in [0.2, 0.25) is 0 Å². The second kappa shape index (κ2) is 6.16. The molecule has 6 heteroatoms. The summed E-state index contributed by atoms with van der Waals surface area (Å²) in [6.45, 7) is 1.84. The zero-order valence-corrected chi connectivity index (χ0v) is 13.5. The minimum absolute atomic E-state index is 0.225. The summed E-state index contributed by atoms with van der Waals surface area (Å²) in [6, 6.07) is 15.2. The second-order valence-electron chi connectivity index (χ2n) is 5.61. The third-order valence-corrected chi connectivity index (χ3v) is 3.97. The minimum Gasteiger partial charge on any atom is -0.320 e. The smallest absolute Gasteiger partial charge is 0.259 e. The molecule has 0 atom stereocenters. The molecule has 3 aromatic heterocycles. The number of carbonyl (C=O) groups is 1. The average molecular weight is 329 g/mol. The van der Waals surface area contributed by atoms with Crippen molar-refractivity contribution in [1.82, 2.24) is 19.7 Å². The van der Waals surface area contributed by atoms with Crippen molar-refractivity contribution in [1.29, 1.82) is 0 Å². The van der Waals surface area contributed by atoms with Crippen LogP contribution in [0.15, 0.2) is 67.1 Å². The first-order valence-electron chi connectivity index (χ1n) is 7.84. The Kier molecular flexibility index (Phi) is 3.70. The predicted molar refractivity (Wildman–Crippen MR) is 95.8 cm³/mol. The molecule has 4 rings (SSSR count). The van der Waals surface area contributed by atoms with E-state index in [0.717, 1.165) is 16.6 Å². The second-order valence-corrected chi connectivity index (χ2v) is 5.61. The predicted octanol–water partition coefficient (Wildman–Crippen LogP) is 3.38. The van der Waals surface area contributed by atoms with Gasteiger partial charge in [-0.15, -0.1) is 0 Å². The van der Waals surface area contributed by atoms with Gasteiger partial charge in [0.15, 0.2) is 5.82 Å². The maximum atomic E-state index is 12.6. The Morgan fingerprint density at radius 2 is 1.88 bits per heavy atom. The van der Waals surface area contributed by atoms with Crippen LogP contribution in [-0.2, 0) is 0 Å². The van der Waals surface area contributed by atoms with Crippen molar-refractivity contribution in [2.24, 2.45) is 0 Å². The SMILES string of the molecule is Cc1c(C(=O)Nc2cnc3ccccc3c2)cnn1-c1ccccn1. The Bertz CT molecular complexity index is 1060. The number of rotatable bonds is 3. The molecule has 0 aliphatic heterocycles. The van der Waals surface area contributed by atoms with E-state index < -0.39 is 0 Å². The molecule has 122 valence electrons. The molecule has 0 spiro atoms. The summed E-state index contributed by atoms with van der Waals surface area (Å²) in [4.78, 5) is 21.2. The average Bonchev–Trinajstić information content (AvgIpc) is 3.04. The van der Waals surface area contributed by atoms with Crippen LogP contribution in [0.25, 0.3) is 16.7 Å². The van der Waals surface area contributed by atoms with E-state index in [1.54, 1.807) is 23.3 Å². The molecule has 0 fully saturated rings. The van der Waals surface area contributed by atoms with Crippen molar-refractivity contribution in [3.05, 3.63) is 78.4 Å². The summed E-state index contributed by atoms with van der Waals surface area (Å²) in [7, 11) is 0. The van der Waals surface area contributed by atoms with Crippen molar-refractivity contribution in [2.45, 2.75) is 6.92 Å². The highest BCUT2D eigenvalue weighted by molar-refractivity contribution is 6.05. The fourth-order valence-corrected chi connectivity index (χ4v) is 2.68. The molecule has 0 saturated heterocycles. The van der Waals surface area contributed by atoms with Gasteiger partial charge in [-0.05, 0) is 31.2 Å². The van der Waals surface area contributed by atoms with Crippen molar-refractivity contribution in [2.75, 3.05) is 5.32 Å². The van der Waals surface area contributed by atoms with Crippen LogP contribution in [0.3, 0.4) is 0 Å². The molecule has 1 N–H and O–H groups in total. The number of nitrogens with zero attached hydrogens (tertiary/aromatic N) is 4.